The third kappa shape index (κ3) is 23.0. The van der Waals surface area contributed by atoms with Gasteiger partial charge >= 0.3 is 29.6 Å². The molecule has 0 unspecified atom stereocenters. The van der Waals surface area contributed by atoms with E-state index in [4.69, 9.17) is 4.74 Å². The third-order valence-corrected chi connectivity index (χ3v) is 0.524. The summed E-state index contributed by atoms with van der Waals surface area (Å²) in [4.78, 5) is 0. The molecule has 0 aromatic carbocycles. The molecule has 0 radical (unpaired) electrons. The summed E-state index contributed by atoms with van der Waals surface area (Å²) in [6, 6.07) is 0. The number of ether oxygens (including phenoxy) is 1. The van der Waals surface area contributed by atoms with Crippen molar-refractivity contribution in [2.75, 3.05) is 0 Å². The summed E-state index contributed by atoms with van der Waals surface area (Å²) in [5, 5.41) is 0. The van der Waals surface area contributed by atoms with E-state index in [1.54, 1.807) is 0 Å². The SMILES string of the molecule is CC(C)OC(=S)[S-].O.O.[Na+]. The molecule has 0 heterocycles. The molecule has 0 saturated heterocycles. The van der Waals surface area contributed by atoms with Crippen molar-refractivity contribution in [2.45, 2.75) is 20.0 Å². The van der Waals surface area contributed by atoms with Crippen molar-refractivity contribution in [1.82, 2.24) is 0 Å². The van der Waals surface area contributed by atoms with E-state index < -0.39 is 0 Å². The van der Waals surface area contributed by atoms with E-state index in [2.05, 4.69) is 24.8 Å². The molecular weight excluding hydrogens is 183 g/mol. The molecule has 0 spiro atoms. The number of thiocarbonyl (C=S) groups is 1. The summed E-state index contributed by atoms with van der Waals surface area (Å²) in [5.74, 6) is 0. The van der Waals surface area contributed by atoms with E-state index in [1.807, 2.05) is 13.8 Å². The van der Waals surface area contributed by atoms with Crippen LogP contribution in [0.1, 0.15) is 13.8 Å². The Morgan fingerprint density at radius 3 is 1.70 bits per heavy atom. The smallest absolute Gasteiger partial charge is 0.511 e. The molecule has 10 heavy (non-hydrogen) atoms. The van der Waals surface area contributed by atoms with E-state index in [-0.39, 0.29) is 51.0 Å². The molecule has 0 saturated carbocycles. The minimum Gasteiger partial charge on any atom is -0.511 e. The van der Waals surface area contributed by atoms with Crippen molar-refractivity contribution in [3.8, 4) is 0 Å². The van der Waals surface area contributed by atoms with Crippen molar-refractivity contribution >= 4 is 29.2 Å². The minimum absolute atomic E-state index is 0. The molecular formula is C4H11NaO3S2. The molecule has 0 aromatic heterocycles. The molecule has 0 rings (SSSR count). The predicted molar refractivity (Wildman–Crippen MR) is 43.4 cm³/mol. The van der Waals surface area contributed by atoms with Gasteiger partial charge in [-0.25, -0.2) is 0 Å². The van der Waals surface area contributed by atoms with E-state index in [0.717, 1.165) is 0 Å². The van der Waals surface area contributed by atoms with Gasteiger partial charge in [-0.15, -0.1) is 0 Å². The van der Waals surface area contributed by atoms with Crippen molar-refractivity contribution < 1.29 is 45.2 Å². The van der Waals surface area contributed by atoms with Crippen LogP contribution in [0, 0.1) is 0 Å². The Bertz CT molecular complexity index is 78.9. The zero-order chi connectivity index (χ0) is 5.86. The van der Waals surface area contributed by atoms with Crippen LogP contribution in [-0.2, 0) is 17.4 Å². The first-order chi connectivity index (χ1) is 3.13. The summed E-state index contributed by atoms with van der Waals surface area (Å²) < 4.78 is 5.00. The maximum absolute atomic E-state index is 4.80. The zero-order valence-electron chi connectivity index (χ0n) is 6.30. The molecule has 0 aliphatic rings. The summed E-state index contributed by atoms with van der Waals surface area (Å²) in [6.07, 6.45) is 0.130. The van der Waals surface area contributed by atoms with Crippen LogP contribution in [0.25, 0.3) is 0 Å². The van der Waals surface area contributed by atoms with Gasteiger partial charge in [0.1, 0.15) is 0 Å². The first kappa shape index (κ1) is 22.5. The maximum Gasteiger partial charge on any atom is 1.00 e. The summed E-state index contributed by atoms with van der Waals surface area (Å²) in [7, 11) is 0. The van der Waals surface area contributed by atoms with Gasteiger partial charge in [-0.3, -0.25) is 0 Å². The second-order valence-electron chi connectivity index (χ2n) is 1.42. The molecule has 0 aromatic rings. The van der Waals surface area contributed by atoms with E-state index in [0.29, 0.717) is 0 Å². The fraction of sp³-hybridized carbons (Fsp3) is 0.750. The Labute approximate surface area is 93.8 Å². The molecule has 0 amide bonds. The van der Waals surface area contributed by atoms with Gasteiger partial charge in [-0.1, -0.05) is 0 Å². The maximum atomic E-state index is 4.80. The van der Waals surface area contributed by atoms with E-state index >= 15 is 0 Å². The molecule has 0 fully saturated rings. The molecule has 0 aliphatic heterocycles. The molecule has 3 nitrogen and oxygen atoms in total. The fourth-order valence-electron chi connectivity index (χ4n) is 0.192. The number of hydrogen-bond acceptors (Lipinski definition) is 3. The average molecular weight is 194 g/mol. The summed E-state index contributed by atoms with van der Waals surface area (Å²) in [6.45, 7) is 3.78. The molecule has 4 N–H and O–H groups in total. The van der Waals surface area contributed by atoms with E-state index in [9.17, 15) is 0 Å². The van der Waals surface area contributed by atoms with Gasteiger partial charge in [0.25, 0.3) is 0 Å². The molecule has 58 valence electrons. The van der Waals surface area contributed by atoms with Crippen LogP contribution in [-0.4, -0.2) is 21.4 Å². The molecule has 0 bridgehead atoms. The van der Waals surface area contributed by atoms with Gasteiger partial charge in [0.2, 0.25) is 0 Å². The number of rotatable bonds is 1. The van der Waals surface area contributed by atoms with Crippen LogP contribution in [0.5, 0.6) is 0 Å². The zero-order valence-corrected chi connectivity index (χ0v) is 9.94. The molecule has 0 atom stereocenters. The van der Waals surface area contributed by atoms with Gasteiger partial charge in [0, 0.05) is 4.38 Å². The monoisotopic (exact) mass is 194 g/mol. The number of hydrogen-bond donors (Lipinski definition) is 0. The quantitative estimate of drug-likeness (QED) is 0.248. The van der Waals surface area contributed by atoms with Crippen molar-refractivity contribution in [3.63, 3.8) is 0 Å². The Morgan fingerprint density at radius 2 is 1.70 bits per heavy atom. The largest absolute Gasteiger partial charge is 1.00 e. The molecule has 0 aliphatic carbocycles. The topological polar surface area (TPSA) is 72.2 Å². The average Bonchev–Trinajstić information content (AvgIpc) is 1.27. The Kier molecular flexibility index (Phi) is 28.5. The van der Waals surface area contributed by atoms with Gasteiger partial charge in [-0.05, 0) is 13.8 Å². The predicted octanol–water partition coefficient (Wildman–Crippen LogP) is -3.40. The van der Waals surface area contributed by atoms with Crippen LogP contribution in [0.2, 0.25) is 0 Å². The van der Waals surface area contributed by atoms with Gasteiger partial charge in [0.05, 0.1) is 6.10 Å². The summed E-state index contributed by atoms with van der Waals surface area (Å²) in [5.41, 5.74) is 0. The molecule has 6 heteroatoms. The van der Waals surface area contributed by atoms with Crippen LogP contribution in [0.4, 0.5) is 0 Å². The Balaban J connectivity index is -0.0000000600. The third-order valence-electron chi connectivity index (χ3n) is 0.332. The normalized spacial score (nSPS) is 6.30. The van der Waals surface area contributed by atoms with Gasteiger partial charge < -0.3 is 40.5 Å². The van der Waals surface area contributed by atoms with Gasteiger partial charge in [-0.2, -0.15) is 0 Å². The van der Waals surface area contributed by atoms with Crippen molar-refractivity contribution in [2.24, 2.45) is 0 Å². The minimum atomic E-state index is 0. The van der Waals surface area contributed by atoms with Gasteiger partial charge in [0.15, 0.2) is 0 Å². The van der Waals surface area contributed by atoms with Crippen LogP contribution >= 0.6 is 12.2 Å². The van der Waals surface area contributed by atoms with Crippen LogP contribution in [0.15, 0.2) is 0 Å². The van der Waals surface area contributed by atoms with Crippen molar-refractivity contribution in [1.29, 1.82) is 0 Å². The second-order valence-corrected chi connectivity index (χ2v) is 2.42. The fourth-order valence-corrected chi connectivity index (χ4v) is 0.577. The van der Waals surface area contributed by atoms with Crippen LogP contribution < -0.4 is 29.6 Å². The van der Waals surface area contributed by atoms with E-state index in [1.165, 1.54) is 0 Å². The van der Waals surface area contributed by atoms with Crippen molar-refractivity contribution in [3.05, 3.63) is 0 Å². The second kappa shape index (κ2) is 12.7. The Morgan fingerprint density at radius 1 is 1.40 bits per heavy atom. The Hall–Kier alpha value is 1.03. The first-order valence-corrected chi connectivity index (χ1v) is 2.82. The standard InChI is InChI=1S/C4H8OS2.Na.2H2O/c1-3(2)5-4(6)7;;;/h3H,1-2H3,(H,6,7);;2*1H2/q;+1;;/p-1. The van der Waals surface area contributed by atoms with Crippen LogP contribution in [0.3, 0.4) is 0 Å². The summed E-state index contributed by atoms with van der Waals surface area (Å²) >= 11 is 8.93. The first-order valence-electron chi connectivity index (χ1n) is 2.00.